The minimum Gasteiger partial charge on any atom is -0.492 e. The molecule has 1 atom stereocenters. The van der Waals surface area contributed by atoms with Gasteiger partial charge in [0.05, 0.1) is 12.6 Å². The third kappa shape index (κ3) is 4.37. The Hall–Kier alpha value is -1.55. The first-order valence-corrected chi connectivity index (χ1v) is 6.24. The predicted molar refractivity (Wildman–Crippen MR) is 72.6 cm³/mol. The number of benzene rings is 1. The summed E-state index contributed by atoms with van der Waals surface area (Å²) in [5, 5.41) is 0. The fraction of sp³-hybridized carbons (Fsp3) is 0.500. The molecule has 2 N–H and O–H groups in total. The Balaban J connectivity index is 2.33. The van der Waals surface area contributed by atoms with Gasteiger partial charge >= 0.3 is 0 Å². The molecule has 1 aromatic rings. The van der Waals surface area contributed by atoms with E-state index < -0.39 is 6.04 Å². The molecule has 0 heterocycles. The van der Waals surface area contributed by atoms with Crippen molar-refractivity contribution in [2.24, 2.45) is 5.73 Å². The number of ether oxygens (including phenoxy) is 1. The third-order valence-electron chi connectivity index (χ3n) is 2.85. The Morgan fingerprint density at radius 3 is 2.56 bits per heavy atom. The lowest BCUT2D eigenvalue weighted by atomic mass is 10.2. The monoisotopic (exact) mass is 250 g/mol. The molecule has 0 bridgehead atoms. The first kappa shape index (κ1) is 14.5. The highest BCUT2D eigenvalue weighted by molar-refractivity contribution is 5.81. The van der Waals surface area contributed by atoms with Crippen LogP contribution in [0.25, 0.3) is 0 Å². The number of nitrogens with zero attached hydrogens (tertiary/aromatic N) is 1. The van der Waals surface area contributed by atoms with E-state index in [0.29, 0.717) is 19.6 Å². The van der Waals surface area contributed by atoms with Crippen molar-refractivity contribution < 1.29 is 9.53 Å². The van der Waals surface area contributed by atoms with Gasteiger partial charge in [-0.15, -0.1) is 0 Å². The van der Waals surface area contributed by atoms with E-state index in [-0.39, 0.29) is 5.91 Å². The second kappa shape index (κ2) is 7.01. The van der Waals surface area contributed by atoms with E-state index in [1.165, 1.54) is 5.56 Å². The highest BCUT2D eigenvalue weighted by Gasteiger charge is 2.15. The number of likely N-dealkylation sites (N-methyl/N-ethyl adjacent to an activating group) is 1. The lowest BCUT2D eigenvalue weighted by Gasteiger charge is -2.20. The van der Waals surface area contributed by atoms with Gasteiger partial charge in [0.25, 0.3) is 0 Å². The van der Waals surface area contributed by atoms with Gasteiger partial charge in [-0.2, -0.15) is 0 Å². The Morgan fingerprint density at radius 2 is 2.00 bits per heavy atom. The van der Waals surface area contributed by atoms with Crippen LogP contribution in [0.2, 0.25) is 0 Å². The fourth-order valence-corrected chi connectivity index (χ4v) is 1.50. The second-order valence-electron chi connectivity index (χ2n) is 4.44. The summed E-state index contributed by atoms with van der Waals surface area (Å²) < 4.78 is 5.56. The fourth-order valence-electron chi connectivity index (χ4n) is 1.50. The number of aryl methyl sites for hydroxylation is 1. The maximum absolute atomic E-state index is 11.7. The molecule has 0 radical (unpaired) electrons. The van der Waals surface area contributed by atoms with E-state index >= 15 is 0 Å². The minimum absolute atomic E-state index is 0.0370. The van der Waals surface area contributed by atoms with Crippen LogP contribution in [0.5, 0.6) is 5.75 Å². The van der Waals surface area contributed by atoms with Gasteiger partial charge in [0.1, 0.15) is 12.4 Å². The van der Waals surface area contributed by atoms with Crippen molar-refractivity contribution in [2.45, 2.75) is 26.3 Å². The van der Waals surface area contributed by atoms with Crippen molar-refractivity contribution in [1.82, 2.24) is 4.90 Å². The molecule has 1 rings (SSSR count). The van der Waals surface area contributed by atoms with E-state index in [2.05, 4.69) is 0 Å². The minimum atomic E-state index is -0.408. The summed E-state index contributed by atoms with van der Waals surface area (Å²) in [6.45, 7) is 4.95. The molecule has 1 unspecified atom stereocenters. The zero-order chi connectivity index (χ0) is 13.5. The summed E-state index contributed by atoms with van der Waals surface area (Å²) in [6, 6.07) is 7.44. The van der Waals surface area contributed by atoms with Crippen LogP contribution >= 0.6 is 0 Å². The van der Waals surface area contributed by atoms with Crippen LogP contribution in [0.3, 0.4) is 0 Å². The van der Waals surface area contributed by atoms with Crippen molar-refractivity contribution in [3.63, 3.8) is 0 Å². The standard InChI is InChI=1S/C14H22N2O2/c1-4-13(15)14(17)16(3)9-10-18-12-7-5-11(2)6-8-12/h5-8,13H,4,9-10,15H2,1-3H3. The van der Waals surface area contributed by atoms with Crippen molar-refractivity contribution >= 4 is 5.91 Å². The molecule has 18 heavy (non-hydrogen) atoms. The smallest absolute Gasteiger partial charge is 0.239 e. The predicted octanol–water partition coefficient (Wildman–Crippen LogP) is 1.57. The van der Waals surface area contributed by atoms with Gasteiger partial charge in [-0.1, -0.05) is 24.6 Å². The molecular weight excluding hydrogens is 228 g/mol. The normalized spacial score (nSPS) is 12.0. The number of hydrogen-bond donors (Lipinski definition) is 1. The number of carbonyl (C=O) groups is 1. The summed E-state index contributed by atoms with van der Waals surface area (Å²) in [4.78, 5) is 13.3. The zero-order valence-corrected chi connectivity index (χ0v) is 11.3. The van der Waals surface area contributed by atoms with E-state index in [9.17, 15) is 4.79 Å². The molecule has 0 aliphatic heterocycles. The van der Waals surface area contributed by atoms with E-state index in [4.69, 9.17) is 10.5 Å². The average Bonchev–Trinajstić information content (AvgIpc) is 2.39. The van der Waals surface area contributed by atoms with Crippen LogP contribution in [0, 0.1) is 6.92 Å². The molecule has 1 aromatic carbocycles. The lowest BCUT2D eigenvalue weighted by molar-refractivity contribution is -0.131. The molecule has 0 aliphatic rings. The number of amides is 1. The number of carbonyl (C=O) groups excluding carboxylic acids is 1. The Morgan fingerprint density at radius 1 is 1.39 bits per heavy atom. The zero-order valence-electron chi connectivity index (χ0n) is 11.3. The molecule has 0 saturated carbocycles. The van der Waals surface area contributed by atoms with Gasteiger partial charge < -0.3 is 15.4 Å². The van der Waals surface area contributed by atoms with Crippen LogP contribution in [0.1, 0.15) is 18.9 Å². The van der Waals surface area contributed by atoms with Crippen molar-refractivity contribution in [2.75, 3.05) is 20.2 Å². The van der Waals surface area contributed by atoms with Crippen molar-refractivity contribution in [3.8, 4) is 5.75 Å². The quantitative estimate of drug-likeness (QED) is 0.833. The van der Waals surface area contributed by atoms with Gasteiger partial charge in [-0.05, 0) is 25.5 Å². The molecular formula is C14H22N2O2. The van der Waals surface area contributed by atoms with Gasteiger partial charge in [0.15, 0.2) is 0 Å². The van der Waals surface area contributed by atoms with E-state index in [0.717, 1.165) is 5.75 Å². The molecule has 0 fully saturated rings. The van der Waals surface area contributed by atoms with Crippen molar-refractivity contribution in [3.05, 3.63) is 29.8 Å². The molecule has 100 valence electrons. The second-order valence-corrected chi connectivity index (χ2v) is 4.44. The molecule has 4 nitrogen and oxygen atoms in total. The molecule has 0 aromatic heterocycles. The summed E-state index contributed by atoms with van der Waals surface area (Å²) >= 11 is 0. The largest absolute Gasteiger partial charge is 0.492 e. The first-order chi connectivity index (χ1) is 8.54. The summed E-state index contributed by atoms with van der Waals surface area (Å²) in [7, 11) is 1.75. The number of rotatable bonds is 6. The molecule has 0 spiro atoms. The van der Waals surface area contributed by atoms with Gasteiger partial charge in [0, 0.05) is 7.05 Å². The van der Waals surface area contributed by atoms with E-state index in [1.54, 1.807) is 11.9 Å². The van der Waals surface area contributed by atoms with Gasteiger partial charge in [-0.3, -0.25) is 4.79 Å². The van der Waals surface area contributed by atoms with Crippen LogP contribution < -0.4 is 10.5 Å². The average molecular weight is 250 g/mol. The Bertz CT molecular complexity index is 376. The van der Waals surface area contributed by atoms with Crippen LogP contribution in [0.4, 0.5) is 0 Å². The summed E-state index contributed by atoms with van der Waals surface area (Å²) in [6.07, 6.45) is 0.655. The number of nitrogens with two attached hydrogens (primary N) is 1. The topological polar surface area (TPSA) is 55.6 Å². The van der Waals surface area contributed by atoms with Gasteiger partial charge in [0.2, 0.25) is 5.91 Å². The molecule has 1 amide bonds. The van der Waals surface area contributed by atoms with Crippen LogP contribution in [-0.2, 0) is 4.79 Å². The maximum Gasteiger partial charge on any atom is 0.239 e. The Kier molecular flexibility index (Phi) is 5.65. The Labute approximate surface area is 109 Å². The van der Waals surface area contributed by atoms with Crippen LogP contribution in [-0.4, -0.2) is 37.0 Å². The van der Waals surface area contributed by atoms with Gasteiger partial charge in [-0.25, -0.2) is 0 Å². The molecule has 0 aliphatic carbocycles. The van der Waals surface area contributed by atoms with Crippen molar-refractivity contribution in [1.29, 1.82) is 0 Å². The lowest BCUT2D eigenvalue weighted by Crippen LogP contribution is -2.42. The SMILES string of the molecule is CCC(N)C(=O)N(C)CCOc1ccc(C)cc1. The molecule has 4 heteroatoms. The highest BCUT2D eigenvalue weighted by atomic mass is 16.5. The van der Waals surface area contributed by atoms with Crippen LogP contribution in [0.15, 0.2) is 24.3 Å². The summed E-state index contributed by atoms with van der Waals surface area (Å²) in [5.41, 5.74) is 6.88. The summed E-state index contributed by atoms with van der Waals surface area (Å²) in [5.74, 6) is 0.784. The van der Waals surface area contributed by atoms with E-state index in [1.807, 2.05) is 38.1 Å². The maximum atomic E-state index is 11.7. The molecule has 0 saturated heterocycles. The third-order valence-corrected chi connectivity index (χ3v) is 2.85. The highest BCUT2D eigenvalue weighted by Crippen LogP contribution is 2.11. The first-order valence-electron chi connectivity index (χ1n) is 6.24. The number of hydrogen-bond acceptors (Lipinski definition) is 3.